The third-order valence-corrected chi connectivity index (χ3v) is 18.6. The first-order valence-electron chi connectivity index (χ1n) is 12.5. The summed E-state index contributed by atoms with van der Waals surface area (Å²) >= 11 is 0. The molecule has 28 heavy (non-hydrogen) atoms. The van der Waals surface area contributed by atoms with Crippen LogP contribution < -0.4 is 5.30 Å². The van der Waals surface area contributed by atoms with Crippen LogP contribution in [0, 0.1) is 0 Å². The minimum absolute atomic E-state index is 0.948. The molecule has 0 spiro atoms. The Labute approximate surface area is 174 Å². The van der Waals surface area contributed by atoms with Crippen LogP contribution in [-0.2, 0) is 0 Å². The van der Waals surface area contributed by atoms with Crippen molar-refractivity contribution in [1.29, 1.82) is 0 Å². The maximum atomic E-state index is 2.95. The molecule has 0 heterocycles. The summed E-state index contributed by atoms with van der Waals surface area (Å²) in [6, 6.07) is 12.2. The Balaban J connectivity index is 1.99. The second kappa shape index (κ2) is 8.77. The third-order valence-electron chi connectivity index (χ3n) is 9.24. The van der Waals surface area contributed by atoms with Gasteiger partial charge < -0.3 is 0 Å². The molecule has 3 fully saturated rings. The molecular weight excluding hydrogens is 357 g/mol. The van der Waals surface area contributed by atoms with Gasteiger partial charge in [-0.15, -0.1) is 0 Å². The van der Waals surface area contributed by atoms with Gasteiger partial charge in [-0.3, -0.25) is 0 Å². The van der Waals surface area contributed by atoms with Gasteiger partial charge in [0.15, 0.2) is 0 Å². The van der Waals surface area contributed by atoms with Gasteiger partial charge >= 0.3 is 174 Å². The number of benzene rings is 1. The van der Waals surface area contributed by atoms with E-state index in [0.717, 1.165) is 17.0 Å². The summed E-state index contributed by atoms with van der Waals surface area (Å²) in [5.74, 6) is 0. The number of hydrogen-bond donors (Lipinski definition) is 0. The number of nitrogens with zero attached hydrogens (tertiary/aromatic N) is 1. The Morgan fingerprint density at radius 3 is 1.25 bits per heavy atom. The molecule has 0 bridgehead atoms. The van der Waals surface area contributed by atoms with Gasteiger partial charge in [-0.2, -0.15) is 0 Å². The topological polar surface area (TPSA) is 3.24 Å². The van der Waals surface area contributed by atoms with Crippen molar-refractivity contribution in [3.63, 3.8) is 0 Å². The SMILES string of the molecule is CN(C)P(c1ccccc1)(C1CCCCC1)(C1CCCCC1)C1CCCCC1. The summed E-state index contributed by atoms with van der Waals surface area (Å²) in [5, 5.41) is 1.81. The van der Waals surface area contributed by atoms with E-state index in [2.05, 4.69) is 49.1 Å². The van der Waals surface area contributed by atoms with Crippen molar-refractivity contribution >= 4 is 12.1 Å². The quantitative estimate of drug-likeness (QED) is 0.467. The van der Waals surface area contributed by atoms with Crippen molar-refractivity contribution in [2.45, 2.75) is 113 Å². The Morgan fingerprint density at radius 1 is 0.571 bits per heavy atom. The molecule has 0 aromatic heterocycles. The summed E-state index contributed by atoms with van der Waals surface area (Å²) in [5.41, 5.74) is 2.84. The predicted octanol–water partition coefficient (Wildman–Crippen LogP) is 7.34. The summed E-state index contributed by atoms with van der Waals surface area (Å²) in [4.78, 5) is 0. The third kappa shape index (κ3) is 3.02. The first kappa shape index (κ1) is 20.9. The standard InChI is InChI=1S/C26H44NP/c1-27(2)28(23-15-7-3-8-16-23,24-17-9-4-10-18-24,25-19-11-5-12-20-25)26-21-13-6-14-22-26/h3,7-8,15-16,24-26H,4-6,9-14,17-22H2,1-2H3. The van der Waals surface area contributed by atoms with Gasteiger partial charge in [0.05, 0.1) is 0 Å². The normalized spacial score (nSPS) is 25.5. The minimum atomic E-state index is -2.29. The molecule has 0 aliphatic heterocycles. The van der Waals surface area contributed by atoms with Crippen LogP contribution in [0.25, 0.3) is 0 Å². The van der Waals surface area contributed by atoms with Crippen molar-refractivity contribution < 1.29 is 0 Å². The van der Waals surface area contributed by atoms with Crippen LogP contribution in [-0.4, -0.2) is 35.7 Å². The van der Waals surface area contributed by atoms with Crippen LogP contribution in [0.2, 0.25) is 0 Å². The van der Waals surface area contributed by atoms with Crippen molar-refractivity contribution in [1.82, 2.24) is 4.67 Å². The molecule has 1 aromatic rings. The van der Waals surface area contributed by atoms with E-state index in [1.807, 2.05) is 5.30 Å². The van der Waals surface area contributed by atoms with Gasteiger partial charge in [-0.1, -0.05) is 0 Å². The molecule has 0 unspecified atom stereocenters. The molecule has 0 N–H and O–H groups in total. The summed E-state index contributed by atoms with van der Waals surface area (Å²) < 4.78 is 2.95. The molecule has 0 radical (unpaired) electrons. The second-order valence-corrected chi connectivity index (χ2v) is 16.4. The van der Waals surface area contributed by atoms with Crippen molar-refractivity contribution in [3.8, 4) is 0 Å². The Hall–Kier alpha value is -0.390. The van der Waals surface area contributed by atoms with Gasteiger partial charge in [0, 0.05) is 0 Å². The van der Waals surface area contributed by atoms with Gasteiger partial charge in [0.2, 0.25) is 0 Å². The maximum absolute atomic E-state index is 2.95. The molecule has 1 nitrogen and oxygen atoms in total. The van der Waals surface area contributed by atoms with E-state index in [1.54, 1.807) is 0 Å². The average Bonchev–Trinajstić information content (AvgIpc) is 2.78. The van der Waals surface area contributed by atoms with Gasteiger partial charge in [0.25, 0.3) is 0 Å². The Bertz CT molecular complexity index is 558. The van der Waals surface area contributed by atoms with Gasteiger partial charge in [-0.05, 0) is 0 Å². The molecule has 1 aromatic carbocycles. The summed E-state index contributed by atoms with van der Waals surface area (Å²) in [6.45, 7) is -2.29. The van der Waals surface area contributed by atoms with E-state index in [1.165, 1.54) is 96.3 Å². The zero-order valence-corrected chi connectivity index (χ0v) is 19.5. The van der Waals surface area contributed by atoms with E-state index in [-0.39, 0.29) is 0 Å². The molecule has 158 valence electrons. The van der Waals surface area contributed by atoms with Crippen LogP contribution >= 0.6 is 6.75 Å². The van der Waals surface area contributed by atoms with E-state index in [9.17, 15) is 0 Å². The molecule has 3 aliphatic carbocycles. The van der Waals surface area contributed by atoms with Gasteiger partial charge in [0.1, 0.15) is 0 Å². The van der Waals surface area contributed by atoms with E-state index in [0.29, 0.717) is 0 Å². The molecular formula is C26H44NP. The zero-order valence-electron chi connectivity index (χ0n) is 18.6. The fourth-order valence-corrected chi connectivity index (χ4v) is 19.0. The van der Waals surface area contributed by atoms with E-state index in [4.69, 9.17) is 0 Å². The van der Waals surface area contributed by atoms with Crippen LogP contribution in [0.5, 0.6) is 0 Å². The van der Waals surface area contributed by atoms with Crippen LogP contribution in [0.4, 0.5) is 0 Å². The predicted molar refractivity (Wildman–Crippen MR) is 127 cm³/mol. The number of rotatable bonds is 5. The average molecular weight is 402 g/mol. The van der Waals surface area contributed by atoms with E-state index >= 15 is 0 Å². The second-order valence-electron chi connectivity index (χ2n) is 10.3. The molecule has 0 saturated heterocycles. The zero-order chi connectivity index (χ0) is 19.5. The molecule has 0 atom stereocenters. The van der Waals surface area contributed by atoms with Crippen molar-refractivity contribution in [3.05, 3.63) is 30.3 Å². The molecule has 3 aliphatic rings. The first-order chi connectivity index (χ1) is 13.7. The fraction of sp³-hybridized carbons (Fsp3) is 0.769. The van der Waals surface area contributed by atoms with Crippen molar-refractivity contribution in [2.75, 3.05) is 14.1 Å². The molecule has 3 saturated carbocycles. The Kier molecular flexibility index (Phi) is 6.54. The summed E-state index contributed by atoms with van der Waals surface area (Å²) in [7, 11) is 5.06. The first-order valence-corrected chi connectivity index (χ1v) is 14.8. The molecule has 4 rings (SSSR count). The van der Waals surface area contributed by atoms with Crippen molar-refractivity contribution in [2.24, 2.45) is 0 Å². The Morgan fingerprint density at radius 2 is 0.929 bits per heavy atom. The monoisotopic (exact) mass is 401 g/mol. The number of hydrogen-bond acceptors (Lipinski definition) is 1. The van der Waals surface area contributed by atoms with Crippen LogP contribution in [0.15, 0.2) is 30.3 Å². The fourth-order valence-electron chi connectivity index (χ4n) is 8.36. The summed E-state index contributed by atoms with van der Waals surface area (Å²) in [6.07, 6.45) is 22.3. The van der Waals surface area contributed by atoms with Crippen LogP contribution in [0.1, 0.15) is 96.3 Å². The molecule has 2 heteroatoms. The van der Waals surface area contributed by atoms with Gasteiger partial charge in [-0.25, -0.2) is 0 Å². The van der Waals surface area contributed by atoms with Crippen LogP contribution in [0.3, 0.4) is 0 Å². The molecule has 0 amide bonds. The van der Waals surface area contributed by atoms with E-state index < -0.39 is 6.75 Å².